The molecule has 0 aliphatic heterocycles. The molecule has 30 heavy (non-hydrogen) atoms. The Bertz CT molecular complexity index is 1160. The van der Waals surface area contributed by atoms with Crippen molar-refractivity contribution >= 4 is 17.4 Å². The topological polar surface area (TPSA) is 122 Å². The highest BCUT2D eigenvalue weighted by molar-refractivity contribution is 5.92. The first-order valence-electron chi connectivity index (χ1n) is 9.92. The van der Waals surface area contributed by atoms with E-state index in [1.54, 1.807) is 6.92 Å². The second kappa shape index (κ2) is 8.40. The van der Waals surface area contributed by atoms with E-state index in [1.807, 2.05) is 6.07 Å². The molecule has 0 atom stereocenters. The molecule has 3 aromatic rings. The summed E-state index contributed by atoms with van der Waals surface area (Å²) in [5.74, 6) is 0.139. The number of H-pyrrole nitrogens is 1. The van der Waals surface area contributed by atoms with Crippen molar-refractivity contribution in [3.05, 3.63) is 74.1 Å². The predicted molar refractivity (Wildman–Crippen MR) is 111 cm³/mol. The zero-order valence-electron chi connectivity index (χ0n) is 16.7. The number of carbonyl (C=O) groups excluding carboxylic acids is 1. The largest absolute Gasteiger partial charge is 0.438 e. The summed E-state index contributed by atoms with van der Waals surface area (Å²) in [5.41, 5.74) is 3.11. The number of aromatic amines is 1. The fraction of sp³-hybridized carbons (Fsp3) is 0.333. The van der Waals surface area contributed by atoms with Gasteiger partial charge in [-0.25, -0.2) is 9.78 Å². The number of rotatable bonds is 7. The quantitative estimate of drug-likeness (QED) is 0.512. The van der Waals surface area contributed by atoms with Crippen LogP contribution in [0, 0.1) is 6.92 Å². The van der Waals surface area contributed by atoms with E-state index < -0.39 is 11.2 Å². The smallest absolute Gasteiger partial charge is 0.329 e. The average molecular weight is 409 g/mol. The van der Waals surface area contributed by atoms with Crippen LogP contribution < -0.4 is 21.9 Å². The molecule has 0 saturated heterocycles. The lowest BCUT2D eigenvalue weighted by Crippen LogP contribution is -2.36. The molecule has 1 aromatic carbocycles. The van der Waals surface area contributed by atoms with Gasteiger partial charge < -0.3 is 15.1 Å². The number of amides is 1. The second-order valence-corrected chi connectivity index (χ2v) is 7.32. The molecule has 0 bridgehead atoms. The summed E-state index contributed by atoms with van der Waals surface area (Å²) in [6.07, 6.45) is 4.93. The van der Waals surface area contributed by atoms with Crippen LogP contribution in [0.4, 0.5) is 11.5 Å². The van der Waals surface area contributed by atoms with E-state index >= 15 is 0 Å². The summed E-state index contributed by atoms with van der Waals surface area (Å²) < 4.78 is 6.14. The van der Waals surface area contributed by atoms with Gasteiger partial charge in [-0.1, -0.05) is 6.07 Å². The molecular formula is C21H23N5O4. The average Bonchev–Trinajstić information content (AvgIpc) is 3.35. The molecule has 0 fully saturated rings. The van der Waals surface area contributed by atoms with Gasteiger partial charge >= 0.3 is 5.69 Å². The molecule has 3 N–H and O–H groups in total. The Morgan fingerprint density at radius 3 is 2.83 bits per heavy atom. The van der Waals surface area contributed by atoms with Gasteiger partial charge in [0.25, 0.3) is 11.5 Å². The van der Waals surface area contributed by atoms with E-state index in [-0.39, 0.29) is 18.2 Å². The second-order valence-electron chi connectivity index (χ2n) is 7.32. The molecule has 1 aliphatic carbocycles. The van der Waals surface area contributed by atoms with E-state index in [4.69, 9.17) is 4.42 Å². The van der Waals surface area contributed by atoms with Gasteiger partial charge in [0.1, 0.15) is 5.82 Å². The van der Waals surface area contributed by atoms with Gasteiger partial charge in [0, 0.05) is 24.8 Å². The normalized spacial score (nSPS) is 12.6. The van der Waals surface area contributed by atoms with Crippen molar-refractivity contribution in [2.75, 3.05) is 11.9 Å². The van der Waals surface area contributed by atoms with Crippen LogP contribution in [0.25, 0.3) is 0 Å². The summed E-state index contributed by atoms with van der Waals surface area (Å²) in [7, 11) is 0. The molecule has 0 radical (unpaired) electrons. The Balaban J connectivity index is 1.36. The molecule has 0 unspecified atom stereocenters. The number of hydrogen-bond acceptors (Lipinski definition) is 6. The SMILES string of the molecule is Cc1ncoc1C(=O)NCCCn1c(=O)cc(Nc2ccc3c(c2)CCC3)[nH]c1=O. The Morgan fingerprint density at radius 1 is 1.23 bits per heavy atom. The molecule has 9 nitrogen and oxygen atoms in total. The Labute approximate surface area is 172 Å². The van der Waals surface area contributed by atoms with Crippen molar-refractivity contribution in [2.24, 2.45) is 0 Å². The summed E-state index contributed by atoms with van der Waals surface area (Å²) >= 11 is 0. The molecule has 0 saturated carbocycles. The molecular weight excluding hydrogens is 386 g/mol. The summed E-state index contributed by atoms with van der Waals surface area (Å²) in [6.45, 7) is 2.15. The number of hydrogen-bond donors (Lipinski definition) is 3. The van der Waals surface area contributed by atoms with Crippen LogP contribution in [0.15, 0.2) is 44.7 Å². The number of oxazole rings is 1. The number of benzene rings is 1. The minimum absolute atomic E-state index is 0.159. The number of fused-ring (bicyclic) bond motifs is 1. The summed E-state index contributed by atoms with van der Waals surface area (Å²) in [4.78, 5) is 43.3. The maximum absolute atomic E-state index is 12.4. The van der Waals surface area contributed by atoms with Gasteiger partial charge in [-0.2, -0.15) is 0 Å². The van der Waals surface area contributed by atoms with E-state index in [0.717, 1.165) is 29.5 Å². The molecule has 4 rings (SSSR count). The third kappa shape index (κ3) is 4.19. The van der Waals surface area contributed by atoms with Crippen LogP contribution in [0.1, 0.15) is 40.2 Å². The van der Waals surface area contributed by atoms with Gasteiger partial charge in [-0.05, 0) is 55.9 Å². The summed E-state index contributed by atoms with van der Waals surface area (Å²) in [6, 6.07) is 7.46. The minimum Gasteiger partial charge on any atom is -0.438 e. The first kappa shape index (κ1) is 19.7. The van der Waals surface area contributed by atoms with Gasteiger partial charge in [0.05, 0.1) is 5.69 Å². The van der Waals surface area contributed by atoms with Gasteiger partial charge in [-0.15, -0.1) is 0 Å². The van der Waals surface area contributed by atoms with Crippen molar-refractivity contribution in [1.82, 2.24) is 19.9 Å². The third-order valence-electron chi connectivity index (χ3n) is 5.19. The molecule has 9 heteroatoms. The van der Waals surface area contributed by atoms with Crippen molar-refractivity contribution in [1.29, 1.82) is 0 Å². The van der Waals surface area contributed by atoms with E-state index in [9.17, 15) is 14.4 Å². The van der Waals surface area contributed by atoms with Crippen LogP contribution in [-0.4, -0.2) is 27.0 Å². The van der Waals surface area contributed by atoms with E-state index in [2.05, 4.69) is 32.7 Å². The Hall–Kier alpha value is -3.62. The third-order valence-corrected chi connectivity index (χ3v) is 5.19. The number of nitrogens with one attached hydrogen (secondary N) is 3. The van der Waals surface area contributed by atoms with Crippen molar-refractivity contribution in [3.8, 4) is 0 Å². The van der Waals surface area contributed by atoms with Crippen molar-refractivity contribution in [2.45, 2.75) is 39.2 Å². The molecule has 2 aromatic heterocycles. The van der Waals surface area contributed by atoms with E-state index in [1.165, 1.54) is 23.6 Å². The van der Waals surface area contributed by atoms with Crippen LogP contribution in [0.2, 0.25) is 0 Å². The number of aromatic nitrogens is 3. The molecule has 156 valence electrons. The van der Waals surface area contributed by atoms with E-state index in [0.29, 0.717) is 24.5 Å². The number of nitrogens with zero attached hydrogens (tertiary/aromatic N) is 2. The van der Waals surface area contributed by atoms with Crippen LogP contribution in [-0.2, 0) is 19.4 Å². The zero-order chi connectivity index (χ0) is 21.1. The van der Waals surface area contributed by atoms with Crippen LogP contribution >= 0.6 is 0 Å². The maximum atomic E-state index is 12.4. The highest BCUT2D eigenvalue weighted by atomic mass is 16.3. The minimum atomic E-state index is -0.497. The monoisotopic (exact) mass is 409 g/mol. The molecule has 2 heterocycles. The lowest BCUT2D eigenvalue weighted by Gasteiger charge is -2.10. The number of anilines is 2. The number of carbonyl (C=O) groups is 1. The standard InChI is InChI=1S/C21H23N5O4/c1-13-19(30-12-23-13)20(28)22-8-3-9-26-18(27)11-17(25-21(26)29)24-16-7-6-14-4-2-5-15(14)10-16/h6-7,10-12,24H,2-5,8-9H2,1H3,(H,22,28)(H,25,29). The Kier molecular flexibility index (Phi) is 5.51. The lowest BCUT2D eigenvalue weighted by atomic mass is 10.1. The van der Waals surface area contributed by atoms with Gasteiger partial charge in [-0.3, -0.25) is 19.1 Å². The van der Waals surface area contributed by atoms with Crippen molar-refractivity contribution in [3.63, 3.8) is 0 Å². The van der Waals surface area contributed by atoms with Crippen molar-refractivity contribution < 1.29 is 9.21 Å². The first-order chi connectivity index (χ1) is 14.5. The fourth-order valence-corrected chi connectivity index (χ4v) is 3.64. The maximum Gasteiger partial charge on any atom is 0.329 e. The first-order valence-corrected chi connectivity index (χ1v) is 9.92. The summed E-state index contributed by atoms with van der Waals surface area (Å²) in [5, 5.41) is 5.79. The lowest BCUT2D eigenvalue weighted by molar-refractivity contribution is 0.0924. The predicted octanol–water partition coefficient (Wildman–Crippen LogP) is 1.89. The number of aryl methyl sites for hydroxylation is 3. The van der Waals surface area contributed by atoms with Gasteiger partial charge in [0.2, 0.25) is 5.76 Å². The molecule has 1 aliphatic rings. The fourth-order valence-electron chi connectivity index (χ4n) is 3.64. The highest BCUT2D eigenvalue weighted by Gasteiger charge is 2.14. The van der Waals surface area contributed by atoms with Crippen LogP contribution in [0.5, 0.6) is 0 Å². The van der Waals surface area contributed by atoms with Crippen LogP contribution in [0.3, 0.4) is 0 Å². The molecule has 1 amide bonds. The van der Waals surface area contributed by atoms with Gasteiger partial charge in [0.15, 0.2) is 6.39 Å². The Morgan fingerprint density at radius 2 is 2.07 bits per heavy atom. The highest BCUT2D eigenvalue weighted by Crippen LogP contribution is 2.25. The molecule has 0 spiro atoms. The zero-order valence-corrected chi connectivity index (χ0v) is 16.7.